The Hall–Kier alpha value is -1.41. The average molecular weight is 399 g/mol. The van der Waals surface area contributed by atoms with Gasteiger partial charge in [-0.05, 0) is 34.7 Å². The summed E-state index contributed by atoms with van der Waals surface area (Å²) in [6.45, 7) is 3.03. The topological polar surface area (TPSA) is 67.2 Å². The number of hydrogen-bond acceptors (Lipinski definition) is 3. The zero-order chi connectivity index (χ0) is 15.3. The van der Waals surface area contributed by atoms with E-state index in [1.165, 1.54) is 0 Å². The van der Waals surface area contributed by atoms with Gasteiger partial charge in [0.15, 0.2) is 0 Å². The highest BCUT2D eigenvalue weighted by atomic mass is 127. The maximum absolute atomic E-state index is 11.9. The van der Waals surface area contributed by atoms with E-state index in [1.807, 2.05) is 43.5 Å². The number of nitrogens with one attached hydrogen (secondary N) is 1. The number of likely N-dealkylation sites (N-methyl/N-ethyl adjacent to an activating group) is 1. The summed E-state index contributed by atoms with van der Waals surface area (Å²) >= 11 is 2.19. The first kappa shape index (κ1) is 16.0. The fourth-order valence-corrected chi connectivity index (χ4v) is 2.85. The highest BCUT2D eigenvalue weighted by Gasteiger charge is 2.39. The summed E-state index contributed by atoms with van der Waals surface area (Å²) in [5, 5.41) is 17.2. The number of aromatic nitrogens is 2. The Morgan fingerprint density at radius 1 is 1.43 bits per heavy atom. The average Bonchev–Trinajstić information content (AvgIpc) is 2.90. The number of rotatable bonds is 7. The minimum absolute atomic E-state index is 0.429. The van der Waals surface area contributed by atoms with E-state index >= 15 is 0 Å². The second kappa shape index (κ2) is 7.04. The molecule has 2 aromatic rings. The standard InChI is InChI=1S/C15H18IN3O2/c1-2-17-15(14(20)21,12-6-4-3-5-7-12)8-9-19-11-13(16)10-18-19/h3-7,10-11,17H,2,8-9H2,1H3,(H,20,21). The summed E-state index contributed by atoms with van der Waals surface area (Å²) in [7, 11) is 0. The number of aryl methyl sites for hydroxylation is 1. The summed E-state index contributed by atoms with van der Waals surface area (Å²) in [6.07, 6.45) is 4.10. The van der Waals surface area contributed by atoms with E-state index in [0.717, 1.165) is 9.13 Å². The largest absolute Gasteiger partial charge is 0.480 e. The van der Waals surface area contributed by atoms with Crippen molar-refractivity contribution in [1.82, 2.24) is 15.1 Å². The molecule has 0 saturated carbocycles. The molecule has 6 heteroatoms. The lowest BCUT2D eigenvalue weighted by Crippen LogP contribution is -2.49. The molecule has 1 aromatic heterocycles. The smallest absolute Gasteiger partial charge is 0.328 e. The van der Waals surface area contributed by atoms with Crippen molar-refractivity contribution in [1.29, 1.82) is 0 Å². The molecule has 0 aliphatic rings. The third-order valence-corrected chi connectivity index (χ3v) is 3.98. The third kappa shape index (κ3) is 3.62. The van der Waals surface area contributed by atoms with Crippen LogP contribution < -0.4 is 5.32 Å². The molecule has 0 fully saturated rings. The summed E-state index contributed by atoms with van der Waals surface area (Å²) in [5.74, 6) is -0.864. The molecule has 0 saturated heterocycles. The van der Waals surface area contributed by atoms with Gasteiger partial charge >= 0.3 is 5.97 Å². The molecule has 21 heavy (non-hydrogen) atoms. The Balaban J connectivity index is 2.28. The molecule has 112 valence electrons. The van der Waals surface area contributed by atoms with Crippen LogP contribution in [0, 0.1) is 3.57 Å². The molecule has 0 aliphatic heterocycles. The number of carboxylic acids is 1. The zero-order valence-corrected chi connectivity index (χ0v) is 13.9. The van der Waals surface area contributed by atoms with Crippen LogP contribution in [0.1, 0.15) is 18.9 Å². The molecular weight excluding hydrogens is 381 g/mol. The van der Waals surface area contributed by atoms with Crippen molar-refractivity contribution in [3.63, 3.8) is 0 Å². The number of benzene rings is 1. The van der Waals surface area contributed by atoms with Gasteiger partial charge in [-0.1, -0.05) is 37.3 Å². The van der Waals surface area contributed by atoms with Crippen molar-refractivity contribution in [2.24, 2.45) is 0 Å². The first-order valence-electron chi connectivity index (χ1n) is 6.80. The highest BCUT2D eigenvalue weighted by Crippen LogP contribution is 2.26. The molecule has 0 spiro atoms. The van der Waals surface area contributed by atoms with Gasteiger partial charge in [-0.15, -0.1) is 0 Å². The van der Waals surface area contributed by atoms with Crippen molar-refractivity contribution in [2.75, 3.05) is 6.54 Å². The van der Waals surface area contributed by atoms with Crippen molar-refractivity contribution in [3.05, 3.63) is 51.9 Å². The lowest BCUT2D eigenvalue weighted by Gasteiger charge is -2.31. The van der Waals surface area contributed by atoms with Gasteiger partial charge in [0.05, 0.1) is 9.77 Å². The van der Waals surface area contributed by atoms with Gasteiger partial charge in [0.1, 0.15) is 5.54 Å². The number of nitrogens with zero attached hydrogens (tertiary/aromatic N) is 2. The second-order valence-corrected chi connectivity index (χ2v) is 6.02. The van der Waals surface area contributed by atoms with E-state index in [0.29, 0.717) is 19.5 Å². The van der Waals surface area contributed by atoms with E-state index in [-0.39, 0.29) is 0 Å². The predicted molar refractivity (Wildman–Crippen MR) is 89.0 cm³/mol. The maximum Gasteiger partial charge on any atom is 0.328 e. The Bertz CT molecular complexity index is 600. The van der Waals surface area contributed by atoms with E-state index in [2.05, 4.69) is 33.0 Å². The molecule has 1 atom stereocenters. The van der Waals surface area contributed by atoms with Crippen molar-refractivity contribution < 1.29 is 9.90 Å². The van der Waals surface area contributed by atoms with Crippen molar-refractivity contribution >= 4 is 28.6 Å². The van der Waals surface area contributed by atoms with Crippen molar-refractivity contribution in [2.45, 2.75) is 25.4 Å². The van der Waals surface area contributed by atoms with Crippen molar-refractivity contribution in [3.8, 4) is 0 Å². The van der Waals surface area contributed by atoms with Gasteiger partial charge in [0.25, 0.3) is 0 Å². The number of aliphatic carboxylic acids is 1. The van der Waals surface area contributed by atoms with Gasteiger partial charge < -0.3 is 5.11 Å². The van der Waals surface area contributed by atoms with Gasteiger partial charge in [-0.2, -0.15) is 5.10 Å². The van der Waals surface area contributed by atoms with Gasteiger partial charge in [0, 0.05) is 19.2 Å². The minimum atomic E-state index is -1.09. The summed E-state index contributed by atoms with van der Waals surface area (Å²) in [6, 6.07) is 9.31. The quantitative estimate of drug-likeness (QED) is 0.703. The highest BCUT2D eigenvalue weighted by molar-refractivity contribution is 14.1. The van der Waals surface area contributed by atoms with Crippen LogP contribution in [0.4, 0.5) is 0 Å². The van der Waals surface area contributed by atoms with Crippen LogP contribution in [0.25, 0.3) is 0 Å². The van der Waals surface area contributed by atoms with Crippen LogP contribution in [0.3, 0.4) is 0 Å². The lowest BCUT2D eigenvalue weighted by molar-refractivity contribution is -0.146. The van der Waals surface area contributed by atoms with Crippen LogP contribution in [-0.2, 0) is 16.9 Å². The molecule has 1 aromatic carbocycles. The normalized spacial score (nSPS) is 13.8. The van der Waals surface area contributed by atoms with E-state index < -0.39 is 11.5 Å². The number of hydrogen-bond donors (Lipinski definition) is 2. The van der Waals surface area contributed by atoms with E-state index in [9.17, 15) is 9.90 Å². The molecule has 1 unspecified atom stereocenters. The molecule has 0 aliphatic carbocycles. The molecule has 2 rings (SSSR count). The Morgan fingerprint density at radius 2 is 2.14 bits per heavy atom. The van der Waals surface area contributed by atoms with Crippen LogP contribution in [0.2, 0.25) is 0 Å². The predicted octanol–water partition coefficient (Wildman–Crippen LogP) is 2.47. The zero-order valence-electron chi connectivity index (χ0n) is 11.8. The van der Waals surface area contributed by atoms with E-state index in [1.54, 1.807) is 10.9 Å². The lowest BCUT2D eigenvalue weighted by atomic mass is 9.86. The SMILES string of the molecule is CCNC(CCn1cc(I)cn1)(C(=O)O)c1ccccc1. The second-order valence-electron chi connectivity index (χ2n) is 4.78. The van der Waals surface area contributed by atoms with Crippen LogP contribution in [0.15, 0.2) is 42.7 Å². The molecule has 5 nitrogen and oxygen atoms in total. The Labute approximate surface area is 137 Å². The number of halogens is 1. The Morgan fingerprint density at radius 3 is 2.67 bits per heavy atom. The minimum Gasteiger partial charge on any atom is -0.480 e. The molecule has 0 amide bonds. The Kier molecular flexibility index (Phi) is 5.35. The molecule has 1 heterocycles. The van der Waals surface area contributed by atoms with Gasteiger partial charge in [-0.3, -0.25) is 10.00 Å². The first-order chi connectivity index (χ1) is 10.1. The molecule has 0 bridgehead atoms. The summed E-state index contributed by atoms with van der Waals surface area (Å²) < 4.78 is 2.82. The maximum atomic E-state index is 11.9. The summed E-state index contributed by atoms with van der Waals surface area (Å²) in [5.41, 5.74) is -0.325. The number of carbonyl (C=O) groups is 1. The van der Waals surface area contributed by atoms with Crippen LogP contribution in [-0.4, -0.2) is 27.4 Å². The molecule has 0 radical (unpaired) electrons. The molecule has 2 N–H and O–H groups in total. The van der Waals surface area contributed by atoms with Gasteiger partial charge in [0.2, 0.25) is 0 Å². The third-order valence-electron chi connectivity index (χ3n) is 3.43. The molecular formula is C15H18IN3O2. The number of carboxylic acid groups (broad SMARTS) is 1. The van der Waals surface area contributed by atoms with E-state index in [4.69, 9.17) is 0 Å². The first-order valence-corrected chi connectivity index (χ1v) is 7.88. The fraction of sp³-hybridized carbons (Fsp3) is 0.333. The summed E-state index contributed by atoms with van der Waals surface area (Å²) in [4.78, 5) is 11.9. The monoisotopic (exact) mass is 399 g/mol. The van der Waals surface area contributed by atoms with Crippen LogP contribution in [0.5, 0.6) is 0 Å². The van der Waals surface area contributed by atoms with Crippen LogP contribution >= 0.6 is 22.6 Å². The van der Waals surface area contributed by atoms with Gasteiger partial charge in [-0.25, -0.2) is 4.79 Å². The fourth-order valence-electron chi connectivity index (χ4n) is 2.41.